The van der Waals surface area contributed by atoms with Gasteiger partial charge in [-0.25, -0.2) is 9.78 Å². The van der Waals surface area contributed by atoms with Crippen molar-refractivity contribution in [1.29, 1.82) is 0 Å². The van der Waals surface area contributed by atoms with Crippen molar-refractivity contribution < 1.29 is 9.53 Å². The molecule has 152 valence electrons. The lowest BCUT2D eigenvalue weighted by molar-refractivity contribution is 0.0951. The zero-order valence-electron chi connectivity index (χ0n) is 16.4. The molecule has 0 aliphatic heterocycles. The van der Waals surface area contributed by atoms with Crippen molar-refractivity contribution >= 4 is 34.4 Å². The molecule has 2 aromatic heterocycles. The third-order valence-electron chi connectivity index (χ3n) is 4.78. The van der Waals surface area contributed by atoms with Crippen LogP contribution in [0.2, 0.25) is 5.02 Å². The maximum atomic E-state index is 12.9. The highest BCUT2D eigenvalue weighted by Gasteiger charge is 2.22. The lowest BCUT2D eigenvalue weighted by Crippen LogP contribution is -2.38. The van der Waals surface area contributed by atoms with Crippen molar-refractivity contribution in [2.24, 2.45) is 14.1 Å². The van der Waals surface area contributed by atoms with E-state index in [4.69, 9.17) is 22.1 Å². The van der Waals surface area contributed by atoms with E-state index in [9.17, 15) is 14.4 Å². The predicted octanol–water partition coefficient (Wildman–Crippen LogP) is 1.11. The van der Waals surface area contributed by atoms with Gasteiger partial charge in [0.1, 0.15) is 11.6 Å². The first-order chi connectivity index (χ1) is 13.7. The number of nitrogens with two attached hydrogens (primary N) is 1. The van der Waals surface area contributed by atoms with Gasteiger partial charge in [0.2, 0.25) is 0 Å². The minimum atomic E-state index is -0.543. The lowest BCUT2D eigenvalue weighted by atomic mass is 10.1. The molecular formula is C19H20ClN5O4. The minimum absolute atomic E-state index is 0.0752. The zero-order valence-corrected chi connectivity index (χ0v) is 17.1. The lowest BCUT2D eigenvalue weighted by Gasteiger charge is -2.15. The van der Waals surface area contributed by atoms with Gasteiger partial charge in [-0.1, -0.05) is 11.6 Å². The number of halogens is 1. The van der Waals surface area contributed by atoms with Gasteiger partial charge in [-0.2, -0.15) is 0 Å². The highest BCUT2D eigenvalue weighted by atomic mass is 35.5. The number of hydrogen-bond donors (Lipinski definition) is 2. The summed E-state index contributed by atoms with van der Waals surface area (Å²) < 4.78 is 7.46. The molecule has 1 aromatic carbocycles. The van der Waals surface area contributed by atoms with E-state index < -0.39 is 17.2 Å². The van der Waals surface area contributed by atoms with Crippen LogP contribution in [0.1, 0.15) is 21.5 Å². The quantitative estimate of drug-likeness (QED) is 0.656. The topological polar surface area (TPSA) is 121 Å². The number of anilines is 1. The number of rotatable bonds is 4. The first-order valence-corrected chi connectivity index (χ1v) is 9.01. The van der Waals surface area contributed by atoms with Crippen LogP contribution < -0.4 is 27.0 Å². The van der Waals surface area contributed by atoms with Crippen molar-refractivity contribution in [1.82, 2.24) is 19.4 Å². The molecule has 0 unspecified atom stereocenters. The number of fused-ring (bicyclic) bond motifs is 1. The first-order valence-electron chi connectivity index (χ1n) is 8.63. The fourth-order valence-corrected chi connectivity index (χ4v) is 3.41. The maximum absolute atomic E-state index is 12.9. The van der Waals surface area contributed by atoms with Crippen molar-refractivity contribution in [3.8, 4) is 5.75 Å². The number of hydrogen-bond acceptors (Lipinski definition) is 6. The molecule has 10 heteroatoms. The van der Waals surface area contributed by atoms with Gasteiger partial charge in [0.05, 0.1) is 18.1 Å². The fraction of sp³-hybridized carbons (Fsp3) is 0.263. The van der Waals surface area contributed by atoms with Crippen molar-refractivity contribution in [2.75, 3.05) is 12.8 Å². The summed E-state index contributed by atoms with van der Waals surface area (Å²) in [6.07, 6.45) is 0. The third kappa shape index (κ3) is 3.44. The number of pyridine rings is 1. The molecule has 0 aliphatic rings. The average molecular weight is 418 g/mol. The molecule has 1 amide bonds. The van der Waals surface area contributed by atoms with Crippen LogP contribution in [0.15, 0.2) is 27.8 Å². The van der Waals surface area contributed by atoms with E-state index in [1.165, 1.54) is 25.8 Å². The fourth-order valence-electron chi connectivity index (χ4n) is 3.22. The van der Waals surface area contributed by atoms with Crippen LogP contribution in [-0.2, 0) is 20.6 Å². The second kappa shape index (κ2) is 7.59. The van der Waals surface area contributed by atoms with Gasteiger partial charge in [0, 0.05) is 31.2 Å². The first kappa shape index (κ1) is 20.4. The highest BCUT2D eigenvalue weighted by molar-refractivity contribution is 6.30. The second-order valence-corrected chi connectivity index (χ2v) is 6.98. The smallest absolute Gasteiger partial charge is 0.332 e. The Kier molecular flexibility index (Phi) is 5.34. The Bertz CT molecular complexity index is 1260. The van der Waals surface area contributed by atoms with Gasteiger partial charge in [0.15, 0.2) is 5.65 Å². The van der Waals surface area contributed by atoms with Gasteiger partial charge in [-0.3, -0.25) is 18.7 Å². The molecule has 2 heterocycles. The van der Waals surface area contributed by atoms with Crippen LogP contribution in [0.25, 0.3) is 11.0 Å². The third-order valence-corrected chi connectivity index (χ3v) is 5.01. The van der Waals surface area contributed by atoms with Crippen molar-refractivity contribution in [2.45, 2.75) is 13.5 Å². The summed E-state index contributed by atoms with van der Waals surface area (Å²) in [4.78, 5) is 41.7. The van der Waals surface area contributed by atoms with E-state index in [1.807, 2.05) is 0 Å². The monoisotopic (exact) mass is 417 g/mol. The summed E-state index contributed by atoms with van der Waals surface area (Å²) in [6.45, 7) is 1.73. The summed E-state index contributed by atoms with van der Waals surface area (Å²) in [5.41, 5.74) is 6.16. The molecule has 0 bridgehead atoms. The van der Waals surface area contributed by atoms with E-state index in [1.54, 1.807) is 25.1 Å². The van der Waals surface area contributed by atoms with E-state index >= 15 is 0 Å². The predicted molar refractivity (Wildman–Crippen MR) is 111 cm³/mol. The SMILES string of the molecule is COc1ccc(Cl)cc1CNC(=O)c1c(N)nc2c(c1C)c(=O)n(C)c(=O)n2C. The molecular weight excluding hydrogens is 398 g/mol. The van der Waals surface area contributed by atoms with Crippen molar-refractivity contribution in [3.05, 3.63) is 60.8 Å². The van der Waals surface area contributed by atoms with E-state index in [2.05, 4.69) is 10.3 Å². The molecule has 3 aromatic rings. The molecule has 0 saturated heterocycles. The summed E-state index contributed by atoms with van der Waals surface area (Å²) in [5, 5.41) is 3.41. The zero-order chi connectivity index (χ0) is 21.5. The number of nitrogens with one attached hydrogen (secondary N) is 1. The number of aryl methyl sites for hydroxylation is 2. The Labute approximate surface area is 170 Å². The molecule has 0 atom stereocenters. The molecule has 29 heavy (non-hydrogen) atoms. The molecule has 0 saturated carbocycles. The van der Waals surface area contributed by atoms with Crippen LogP contribution in [0, 0.1) is 6.92 Å². The molecule has 3 rings (SSSR count). The van der Waals surface area contributed by atoms with Gasteiger partial charge in [-0.15, -0.1) is 0 Å². The molecule has 0 radical (unpaired) electrons. The maximum Gasteiger partial charge on any atom is 0.332 e. The number of carbonyl (C=O) groups excluding carboxylic acids is 1. The number of amides is 1. The molecule has 0 aliphatic carbocycles. The van der Waals surface area contributed by atoms with Crippen LogP contribution >= 0.6 is 11.6 Å². The number of benzene rings is 1. The van der Waals surface area contributed by atoms with E-state index in [0.717, 1.165) is 4.57 Å². The Balaban J connectivity index is 2.06. The minimum Gasteiger partial charge on any atom is -0.496 e. The van der Waals surface area contributed by atoms with Crippen molar-refractivity contribution in [3.63, 3.8) is 0 Å². The number of carbonyl (C=O) groups is 1. The Morgan fingerprint density at radius 2 is 1.97 bits per heavy atom. The van der Waals surface area contributed by atoms with Crippen LogP contribution in [-0.4, -0.2) is 27.1 Å². The van der Waals surface area contributed by atoms with Crippen LogP contribution in [0.5, 0.6) is 5.75 Å². The number of nitrogen functional groups attached to an aromatic ring is 1. The standard InChI is InChI=1S/C19H20ClN5O4/c1-9-13(17(26)22-8-10-7-11(20)5-6-12(10)29-4)15(21)23-16-14(9)18(27)25(3)19(28)24(16)2/h5-7H,8H2,1-4H3,(H2,21,23)(H,22,26). The Morgan fingerprint density at radius 3 is 2.62 bits per heavy atom. The van der Waals surface area contributed by atoms with E-state index in [-0.39, 0.29) is 29.0 Å². The number of aromatic nitrogens is 3. The largest absolute Gasteiger partial charge is 0.496 e. The molecule has 9 nitrogen and oxygen atoms in total. The van der Waals surface area contributed by atoms with Crippen LogP contribution in [0.3, 0.4) is 0 Å². The second-order valence-electron chi connectivity index (χ2n) is 6.54. The Morgan fingerprint density at radius 1 is 1.28 bits per heavy atom. The van der Waals surface area contributed by atoms with E-state index in [0.29, 0.717) is 21.9 Å². The summed E-state index contributed by atoms with van der Waals surface area (Å²) in [5.74, 6) is -0.0129. The molecule has 0 fully saturated rings. The summed E-state index contributed by atoms with van der Waals surface area (Å²) >= 11 is 6.02. The van der Waals surface area contributed by atoms with Gasteiger partial charge in [0.25, 0.3) is 11.5 Å². The normalized spacial score (nSPS) is 10.9. The van der Waals surface area contributed by atoms with Crippen LogP contribution in [0.4, 0.5) is 5.82 Å². The van der Waals surface area contributed by atoms with Gasteiger partial charge >= 0.3 is 5.69 Å². The summed E-state index contributed by atoms with van der Waals surface area (Å²) in [6, 6.07) is 5.06. The Hall–Kier alpha value is -3.33. The number of nitrogens with zero attached hydrogens (tertiary/aromatic N) is 3. The van der Waals surface area contributed by atoms with Gasteiger partial charge in [-0.05, 0) is 30.7 Å². The van der Waals surface area contributed by atoms with Gasteiger partial charge < -0.3 is 15.8 Å². The summed E-state index contributed by atoms with van der Waals surface area (Å²) in [7, 11) is 4.37. The average Bonchev–Trinajstić information content (AvgIpc) is 2.68. The number of methoxy groups -OCH3 is 1. The number of ether oxygens (including phenoxy) is 1. The molecule has 3 N–H and O–H groups in total. The highest BCUT2D eigenvalue weighted by Crippen LogP contribution is 2.24. The molecule has 0 spiro atoms.